The number of rotatable bonds is 5. The zero-order valence-corrected chi connectivity index (χ0v) is 16.6. The maximum absolute atomic E-state index is 13.0. The number of aliphatic hydroxyl groups excluding tert-OH is 2. The highest BCUT2D eigenvalue weighted by Gasteiger charge is 2.27. The third-order valence-corrected chi connectivity index (χ3v) is 5.79. The van der Waals surface area contributed by atoms with Crippen molar-refractivity contribution in [3.63, 3.8) is 0 Å². The third kappa shape index (κ3) is 3.86. The summed E-state index contributed by atoms with van der Waals surface area (Å²) in [6, 6.07) is 11.8. The van der Waals surface area contributed by atoms with Gasteiger partial charge < -0.3 is 24.7 Å². The fraction of sp³-hybridized carbons (Fsp3) is 0.348. The molecule has 6 heteroatoms. The van der Waals surface area contributed by atoms with Crippen molar-refractivity contribution >= 4 is 17.7 Å². The summed E-state index contributed by atoms with van der Waals surface area (Å²) in [5, 5.41) is 19.0. The molecule has 0 unspecified atom stereocenters. The zero-order valence-electron chi connectivity index (χ0n) is 16.6. The monoisotopic (exact) mass is 394 g/mol. The van der Waals surface area contributed by atoms with Gasteiger partial charge in [-0.15, -0.1) is 0 Å². The molecule has 1 amide bonds. The second-order valence-corrected chi connectivity index (χ2v) is 7.46. The highest BCUT2D eigenvalue weighted by molar-refractivity contribution is 6.00. The van der Waals surface area contributed by atoms with Crippen molar-refractivity contribution in [3.8, 4) is 5.75 Å². The van der Waals surface area contributed by atoms with Gasteiger partial charge in [-0.3, -0.25) is 4.79 Å². The summed E-state index contributed by atoms with van der Waals surface area (Å²) >= 11 is 0. The van der Waals surface area contributed by atoms with Gasteiger partial charge in [0, 0.05) is 43.9 Å². The molecule has 0 atom stereocenters. The van der Waals surface area contributed by atoms with Crippen LogP contribution in [0.3, 0.4) is 0 Å². The Bertz CT molecular complexity index is 929. The van der Waals surface area contributed by atoms with E-state index in [0.717, 1.165) is 46.8 Å². The zero-order chi connectivity index (χ0) is 20.4. The Kier molecular flexibility index (Phi) is 5.56. The molecule has 0 spiro atoms. The van der Waals surface area contributed by atoms with Gasteiger partial charge in [-0.25, -0.2) is 0 Å². The molecule has 152 valence electrons. The number of piperazine rings is 1. The van der Waals surface area contributed by atoms with Crippen molar-refractivity contribution in [2.75, 3.05) is 38.2 Å². The molecule has 1 fully saturated rings. The van der Waals surface area contributed by atoms with Gasteiger partial charge in [0.05, 0.1) is 20.3 Å². The summed E-state index contributed by atoms with van der Waals surface area (Å²) in [6.07, 6.45) is 2.50. The van der Waals surface area contributed by atoms with E-state index in [-0.39, 0.29) is 19.1 Å². The third-order valence-electron chi connectivity index (χ3n) is 5.79. The molecule has 6 nitrogen and oxygen atoms in total. The van der Waals surface area contributed by atoms with Crippen LogP contribution in [0.1, 0.15) is 22.3 Å². The Hall–Kier alpha value is -2.83. The highest BCUT2D eigenvalue weighted by atomic mass is 16.5. The Labute approximate surface area is 170 Å². The summed E-state index contributed by atoms with van der Waals surface area (Å²) < 4.78 is 5.21. The van der Waals surface area contributed by atoms with Gasteiger partial charge in [0.15, 0.2) is 0 Å². The van der Waals surface area contributed by atoms with Crippen LogP contribution in [0.2, 0.25) is 0 Å². The van der Waals surface area contributed by atoms with Gasteiger partial charge in [-0.2, -0.15) is 0 Å². The normalized spacial score (nSPS) is 15.9. The number of benzene rings is 2. The number of hydrogen-bond acceptors (Lipinski definition) is 5. The van der Waals surface area contributed by atoms with E-state index in [4.69, 9.17) is 4.74 Å². The lowest BCUT2D eigenvalue weighted by Gasteiger charge is -2.36. The number of amides is 1. The number of hydrogen-bond donors (Lipinski definition) is 2. The fourth-order valence-corrected chi connectivity index (χ4v) is 4.09. The van der Waals surface area contributed by atoms with Gasteiger partial charge in [-0.1, -0.05) is 6.07 Å². The minimum Gasteiger partial charge on any atom is -0.497 e. The van der Waals surface area contributed by atoms with Gasteiger partial charge >= 0.3 is 0 Å². The average molecular weight is 394 g/mol. The van der Waals surface area contributed by atoms with E-state index >= 15 is 0 Å². The number of nitrogens with zero attached hydrogens (tertiary/aromatic N) is 2. The molecule has 2 N–H and O–H groups in total. The van der Waals surface area contributed by atoms with Gasteiger partial charge in [0.1, 0.15) is 5.75 Å². The molecular weight excluding hydrogens is 368 g/mol. The number of methoxy groups -OCH3 is 1. The standard InChI is InChI=1S/C23H26N2O4/c1-29-22-4-2-21(3-5-22)24-6-8-25(9-7-24)23(28)18-10-16-12-19(14-26)20(15-27)13-17(16)11-18/h2-5,10,12-13,26-27H,6-9,11,14-15H2,1H3. The molecule has 2 aliphatic rings. The largest absolute Gasteiger partial charge is 0.497 e. The lowest BCUT2D eigenvalue weighted by molar-refractivity contribution is -0.127. The first-order valence-corrected chi connectivity index (χ1v) is 9.88. The molecule has 1 saturated heterocycles. The number of aliphatic hydroxyl groups is 2. The van der Waals surface area contributed by atoms with E-state index in [9.17, 15) is 15.0 Å². The topological polar surface area (TPSA) is 73.2 Å². The summed E-state index contributed by atoms with van der Waals surface area (Å²) in [5.74, 6) is 0.913. The van der Waals surface area contributed by atoms with Crippen LogP contribution in [0.15, 0.2) is 42.0 Å². The van der Waals surface area contributed by atoms with E-state index in [1.54, 1.807) is 7.11 Å². The Balaban J connectivity index is 1.40. The first kappa shape index (κ1) is 19.5. The Morgan fingerprint density at radius 3 is 2.28 bits per heavy atom. The van der Waals surface area contributed by atoms with Crippen LogP contribution in [0.25, 0.3) is 6.08 Å². The van der Waals surface area contributed by atoms with Crippen molar-refractivity contribution in [1.29, 1.82) is 0 Å². The van der Waals surface area contributed by atoms with Crippen LogP contribution in [0.4, 0.5) is 5.69 Å². The summed E-state index contributed by atoms with van der Waals surface area (Å²) in [5.41, 5.74) is 5.35. The number of ether oxygens (including phenoxy) is 1. The molecule has 0 bridgehead atoms. The summed E-state index contributed by atoms with van der Waals surface area (Å²) in [7, 11) is 1.66. The number of carbonyl (C=O) groups excluding carboxylic acids is 1. The first-order chi connectivity index (χ1) is 14.1. The second-order valence-electron chi connectivity index (χ2n) is 7.46. The number of anilines is 1. The first-order valence-electron chi connectivity index (χ1n) is 9.88. The smallest absolute Gasteiger partial charge is 0.250 e. The quantitative estimate of drug-likeness (QED) is 0.811. The van der Waals surface area contributed by atoms with E-state index in [2.05, 4.69) is 4.90 Å². The van der Waals surface area contributed by atoms with Crippen molar-refractivity contribution in [2.24, 2.45) is 0 Å². The minimum absolute atomic E-state index is 0.0756. The van der Waals surface area contributed by atoms with E-state index in [1.807, 2.05) is 47.4 Å². The molecule has 1 aliphatic heterocycles. The van der Waals surface area contributed by atoms with Crippen LogP contribution in [-0.2, 0) is 24.4 Å². The molecule has 1 heterocycles. The molecule has 0 radical (unpaired) electrons. The van der Waals surface area contributed by atoms with Crippen LogP contribution < -0.4 is 9.64 Å². The molecule has 0 saturated carbocycles. The van der Waals surface area contributed by atoms with E-state index in [1.165, 1.54) is 0 Å². The van der Waals surface area contributed by atoms with E-state index in [0.29, 0.717) is 25.1 Å². The molecular formula is C23H26N2O4. The Morgan fingerprint density at radius 1 is 1.00 bits per heavy atom. The molecule has 0 aromatic heterocycles. The lowest BCUT2D eigenvalue weighted by atomic mass is 10.0. The second kappa shape index (κ2) is 8.27. The number of fused-ring (bicyclic) bond motifs is 1. The van der Waals surface area contributed by atoms with Gasteiger partial charge in [0.25, 0.3) is 0 Å². The maximum atomic E-state index is 13.0. The van der Waals surface area contributed by atoms with E-state index < -0.39 is 0 Å². The summed E-state index contributed by atoms with van der Waals surface area (Å²) in [4.78, 5) is 17.2. The van der Waals surface area contributed by atoms with Crippen molar-refractivity contribution in [3.05, 3.63) is 64.2 Å². The molecule has 2 aromatic carbocycles. The number of carbonyl (C=O) groups is 1. The fourth-order valence-electron chi connectivity index (χ4n) is 4.09. The van der Waals surface area contributed by atoms with Crippen molar-refractivity contribution < 1.29 is 19.7 Å². The lowest BCUT2D eigenvalue weighted by Crippen LogP contribution is -2.49. The molecule has 29 heavy (non-hydrogen) atoms. The molecule has 4 rings (SSSR count). The van der Waals surface area contributed by atoms with Crippen LogP contribution in [0.5, 0.6) is 5.75 Å². The highest BCUT2D eigenvalue weighted by Crippen LogP contribution is 2.30. The predicted molar refractivity (Wildman–Crippen MR) is 112 cm³/mol. The van der Waals surface area contributed by atoms with Crippen molar-refractivity contribution in [1.82, 2.24) is 4.90 Å². The molecule has 1 aliphatic carbocycles. The molecule has 2 aromatic rings. The van der Waals surface area contributed by atoms with Crippen LogP contribution in [-0.4, -0.2) is 54.3 Å². The Morgan fingerprint density at radius 2 is 1.66 bits per heavy atom. The minimum atomic E-state index is -0.117. The van der Waals surface area contributed by atoms with Crippen LogP contribution in [0, 0.1) is 0 Å². The van der Waals surface area contributed by atoms with Crippen LogP contribution >= 0.6 is 0 Å². The van der Waals surface area contributed by atoms with Crippen molar-refractivity contribution in [2.45, 2.75) is 19.6 Å². The predicted octanol–water partition coefficient (Wildman–Crippen LogP) is 1.97. The van der Waals surface area contributed by atoms with Gasteiger partial charge in [-0.05, 0) is 58.7 Å². The maximum Gasteiger partial charge on any atom is 0.250 e. The SMILES string of the molecule is COc1ccc(N2CCN(C(=O)C3=Cc4cc(CO)c(CO)cc4C3)CC2)cc1. The van der Waals surface area contributed by atoms with Gasteiger partial charge in [0.2, 0.25) is 5.91 Å². The average Bonchev–Trinajstić information content (AvgIpc) is 3.20. The summed E-state index contributed by atoms with van der Waals surface area (Å²) in [6.45, 7) is 2.72.